The van der Waals surface area contributed by atoms with Gasteiger partial charge < -0.3 is 0 Å². The van der Waals surface area contributed by atoms with Crippen molar-refractivity contribution < 1.29 is 13.2 Å². The highest BCUT2D eigenvalue weighted by Gasteiger charge is 2.20. The summed E-state index contributed by atoms with van der Waals surface area (Å²) >= 11 is 10.5. The first-order valence-electron chi connectivity index (χ1n) is 8.36. The molecular formula is C17H17ClN4O3S4. The number of nitrogens with one attached hydrogen (secondary N) is 2. The molecule has 29 heavy (non-hydrogen) atoms. The van der Waals surface area contributed by atoms with Crippen LogP contribution in [0, 0.1) is 0 Å². The molecule has 3 aromatic rings. The van der Waals surface area contributed by atoms with E-state index >= 15 is 0 Å². The monoisotopic (exact) mass is 488 g/mol. The summed E-state index contributed by atoms with van der Waals surface area (Å²) in [5, 5.41) is 13.1. The van der Waals surface area contributed by atoms with E-state index in [0.717, 1.165) is 10.1 Å². The van der Waals surface area contributed by atoms with E-state index < -0.39 is 15.9 Å². The predicted molar refractivity (Wildman–Crippen MR) is 119 cm³/mol. The maximum absolute atomic E-state index is 12.6. The molecule has 1 aromatic carbocycles. The van der Waals surface area contributed by atoms with Crippen molar-refractivity contribution in [2.75, 3.05) is 5.32 Å². The number of hydrogen-bond donors (Lipinski definition) is 2. The van der Waals surface area contributed by atoms with Gasteiger partial charge in [0.2, 0.25) is 15.2 Å². The molecule has 1 amide bonds. The number of carbonyl (C=O) groups excluding carboxylic acids is 1. The minimum atomic E-state index is -3.75. The van der Waals surface area contributed by atoms with Crippen LogP contribution in [0.2, 0.25) is 5.02 Å². The fourth-order valence-corrected chi connectivity index (χ4v) is 6.24. The van der Waals surface area contributed by atoms with Gasteiger partial charge in [0, 0.05) is 16.7 Å². The molecule has 2 aromatic heterocycles. The van der Waals surface area contributed by atoms with Gasteiger partial charge in [0.25, 0.3) is 5.91 Å². The Morgan fingerprint density at radius 2 is 2.07 bits per heavy atom. The highest BCUT2D eigenvalue weighted by molar-refractivity contribution is 8.00. The molecule has 0 atom stereocenters. The second kappa shape index (κ2) is 9.54. The lowest BCUT2D eigenvalue weighted by Crippen LogP contribution is -2.30. The summed E-state index contributed by atoms with van der Waals surface area (Å²) < 4.78 is 27.9. The number of aromatic nitrogens is 2. The van der Waals surface area contributed by atoms with Gasteiger partial charge in [0.15, 0.2) is 4.34 Å². The van der Waals surface area contributed by atoms with Crippen molar-refractivity contribution in [1.29, 1.82) is 0 Å². The van der Waals surface area contributed by atoms with Crippen LogP contribution in [0.1, 0.15) is 29.1 Å². The number of amides is 1. The first kappa shape index (κ1) is 22.2. The number of sulfonamides is 1. The molecule has 0 saturated carbocycles. The van der Waals surface area contributed by atoms with E-state index in [4.69, 9.17) is 11.6 Å². The number of halogens is 1. The van der Waals surface area contributed by atoms with Gasteiger partial charge in [0.1, 0.15) is 0 Å². The van der Waals surface area contributed by atoms with E-state index in [0.29, 0.717) is 5.13 Å². The molecule has 0 bridgehead atoms. The molecule has 0 saturated heterocycles. The summed E-state index contributed by atoms with van der Waals surface area (Å²) in [5.74, 6) is 0.219. The average molecular weight is 489 g/mol. The van der Waals surface area contributed by atoms with Gasteiger partial charge in [-0.15, -0.1) is 21.5 Å². The Labute approximate surface area is 186 Å². The van der Waals surface area contributed by atoms with Gasteiger partial charge in [-0.1, -0.05) is 40.8 Å². The van der Waals surface area contributed by atoms with Crippen LogP contribution in [0.5, 0.6) is 0 Å². The fraction of sp³-hybridized carbons (Fsp3) is 0.235. The highest BCUT2D eigenvalue weighted by Crippen LogP contribution is 2.30. The molecule has 0 aliphatic rings. The lowest BCUT2D eigenvalue weighted by Gasteiger charge is -2.11. The van der Waals surface area contributed by atoms with Gasteiger partial charge in [-0.3, -0.25) is 10.1 Å². The standard InChI is InChI=1S/C17H17ClN4O3S4/c1-10(2)22-29(24,25)12-5-6-14(18)13(8-12)15(23)19-16-20-21-17(28-16)27-9-11-4-3-7-26-11/h3-8,10,22H,9H2,1-2H3,(H,19,20,23). The minimum Gasteiger partial charge on any atom is -0.296 e. The van der Waals surface area contributed by atoms with Crippen LogP contribution < -0.4 is 10.0 Å². The summed E-state index contributed by atoms with van der Waals surface area (Å²) in [5.41, 5.74) is 0.0429. The first-order chi connectivity index (χ1) is 13.7. The van der Waals surface area contributed by atoms with E-state index in [1.165, 1.54) is 46.2 Å². The third-order valence-electron chi connectivity index (χ3n) is 3.43. The molecule has 0 aliphatic heterocycles. The van der Waals surface area contributed by atoms with Crippen molar-refractivity contribution in [2.24, 2.45) is 0 Å². The Morgan fingerprint density at radius 1 is 1.28 bits per heavy atom. The lowest BCUT2D eigenvalue weighted by atomic mass is 10.2. The fourth-order valence-electron chi connectivity index (χ4n) is 2.23. The van der Waals surface area contributed by atoms with Crippen LogP contribution in [-0.4, -0.2) is 30.6 Å². The van der Waals surface area contributed by atoms with Crippen molar-refractivity contribution in [3.63, 3.8) is 0 Å². The topological polar surface area (TPSA) is 101 Å². The van der Waals surface area contributed by atoms with Gasteiger partial charge in [-0.25, -0.2) is 13.1 Å². The number of carbonyl (C=O) groups is 1. The molecule has 154 valence electrons. The molecule has 0 radical (unpaired) electrons. The molecule has 3 rings (SSSR count). The van der Waals surface area contributed by atoms with Crippen molar-refractivity contribution in [3.05, 3.63) is 51.2 Å². The van der Waals surface area contributed by atoms with Gasteiger partial charge >= 0.3 is 0 Å². The molecule has 7 nitrogen and oxygen atoms in total. The molecule has 0 spiro atoms. The van der Waals surface area contributed by atoms with E-state index in [9.17, 15) is 13.2 Å². The second-order valence-corrected chi connectivity index (χ2v) is 11.5. The summed E-state index contributed by atoms with van der Waals surface area (Å²) in [6.45, 7) is 3.43. The number of benzene rings is 1. The molecule has 12 heteroatoms. The molecular weight excluding hydrogens is 472 g/mol. The van der Waals surface area contributed by atoms with Crippen molar-refractivity contribution in [1.82, 2.24) is 14.9 Å². The Balaban J connectivity index is 1.71. The third kappa shape index (κ3) is 6.00. The molecule has 0 aliphatic carbocycles. The zero-order valence-corrected chi connectivity index (χ0v) is 19.4. The van der Waals surface area contributed by atoms with Gasteiger partial charge in [0.05, 0.1) is 15.5 Å². The average Bonchev–Trinajstić information content (AvgIpc) is 3.30. The van der Waals surface area contributed by atoms with E-state index in [2.05, 4.69) is 20.2 Å². The number of rotatable bonds is 8. The summed E-state index contributed by atoms with van der Waals surface area (Å²) in [4.78, 5) is 13.8. The summed E-state index contributed by atoms with van der Waals surface area (Å²) in [6.07, 6.45) is 0. The maximum Gasteiger partial charge on any atom is 0.259 e. The summed E-state index contributed by atoms with van der Waals surface area (Å²) in [6, 6.07) is 7.73. The molecule has 2 heterocycles. The Kier molecular flexibility index (Phi) is 7.30. The van der Waals surface area contributed by atoms with E-state index in [-0.39, 0.29) is 21.5 Å². The molecule has 0 fully saturated rings. The number of thioether (sulfide) groups is 1. The first-order valence-corrected chi connectivity index (χ1v) is 12.9. The largest absolute Gasteiger partial charge is 0.296 e. The van der Waals surface area contributed by atoms with Crippen molar-refractivity contribution in [2.45, 2.75) is 34.9 Å². The third-order valence-corrected chi connectivity index (χ3v) is 8.49. The lowest BCUT2D eigenvalue weighted by molar-refractivity contribution is 0.102. The normalized spacial score (nSPS) is 11.7. The molecule has 2 N–H and O–H groups in total. The van der Waals surface area contributed by atoms with Crippen LogP contribution in [0.25, 0.3) is 0 Å². The maximum atomic E-state index is 12.6. The van der Waals surface area contributed by atoms with Crippen LogP contribution in [-0.2, 0) is 15.8 Å². The van der Waals surface area contributed by atoms with Crippen LogP contribution in [0.15, 0.2) is 44.9 Å². The Morgan fingerprint density at radius 3 is 2.76 bits per heavy atom. The van der Waals surface area contributed by atoms with Crippen LogP contribution in [0.4, 0.5) is 5.13 Å². The number of hydrogen-bond acceptors (Lipinski definition) is 8. The van der Waals surface area contributed by atoms with E-state index in [1.807, 2.05) is 17.5 Å². The number of thiophene rings is 1. The Hall–Kier alpha value is -1.50. The summed E-state index contributed by atoms with van der Waals surface area (Å²) in [7, 11) is -3.75. The second-order valence-electron chi connectivity index (χ2n) is 6.11. The zero-order chi connectivity index (χ0) is 21.0. The quantitative estimate of drug-likeness (QED) is 0.358. The van der Waals surface area contributed by atoms with Crippen LogP contribution >= 0.6 is 46.0 Å². The number of nitrogens with zero attached hydrogens (tertiary/aromatic N) is 2. The molecule has 0 unspecified atom stereocenters. The smallest absolute Gasteiger partial charge is 0.259 e. The van der Waals surface area contributed by atoms with Crippen molar-refractivity contribution in [3.8, 4) is 0 Å². The van der Waals surface area contributed by atoms with Crippen molar-refractivity contribution >= 4 is 67.1 Å². The Bertz CT molecular complexity index is 1100. The predicted octanol–water partition coefficient (Wildman–Crippen LogP) is 4.48. The SMILES string of the molecule is CC(C)NS(=O)(=O)c1ccc(Cl)c(C(=O)Nc2nnc(SCc3cccs3)s2)c1. The minimum absolute atomic E-state index is 0.0368. The van der Waals surface area contributed by atoms with Gasteiger partial charge in [-0.05, 0) is 43.5 Å². The van der Waals surface area contributed by atoms with Gasteiger partial charge in [-0.2, -0.15) is 0 Å². The zero-order valence-electron chi connectivity index (χ0n) is 15.4. The number of anilines is 1. The van der Waals surface area contributed by atoms with Crippen LogP contribution in [0.3, 0.4) is 0 Å². The highest BCUT2D eigenvalue weighted by atomic mass is 35.5. The van der Waals surface area contributed by atoms with E-state index in [1.54, 1.807) is 25.2 Å².